The Morgan fingerprint density at radius 3 is 2.55 bits per heavy atom. The molecule has 170 valence electrons. The Bertz CT molecular complexity index is 1280. The zero-order chi connectivity index (χ0) is 23.4. The van der Waals surface area contributed by atoms with Crippen molar-refractivity contribution in [3.05, 3.63) is 77.0 Å². The highest BCUT2D eigenvalue weighted by molar-refractivity contribution is 5.86. The molecule has 0 bridgehead atoms. The van der Waals surface area contributed by atoms with Crippen LogP contribution in [0.15, 0.2) is 54.6 Å². The lowest BCUT2D eigenvalue weighted by atomic mass is 10.00. The van der Waals surface area contributed by atoms with Gasteiger partial charge in [-0.25, -0.2) is 9.67 Å². The van der Waals surface area contributed by atoms with Gasteiger partial charge in [0.1, 0.15) is 11.5 Å². The zero-order valence-corrected chi connectivity index (χ0v) is 19.4. The molecule has 4 aromatic rings. The Labute approximate surface area is 193 Å². The van der Waals surface area contributed by atoms with Crippen LogP contribution in [0.5, 0.6) is 17.4 Å². The van der Waals surface area contributed by atoms with Gasteiger partial charge in [0.2, 0.25) is 11.8 Å². The highest BCUT2D eigenvalue weighted by atomic mass is 16.5. The van der Waals surface area contributed by atoms with E-state index in [2.05, 4.69) is 10.4 Å². The first-order valence-corrected chi connectivity index (χ1v) is 10.9. The molecule has 2 aromatic heterocycles. The number of rotatable bonds is 8. The summed E-state index contributed by atoms with van der Waals surface area (Å²) in [5.74, 6) is 2.02. The molecule has 0 aliphatic rings. The summed E-state index contributed by atoms with van der Waals surface area (Å²) in [6.45, 7) is 4.40. The van der Waals surface area contributed by atoms with Gasteiger partial charge in [0.25, 0.3) is 0 Å². The molecule has 0 fully saturated rings. The molecule has 7 heteroatoms. The first-order chi connectivity index (χ1) is 16.0. The third-order valence-electron chi connectivity index (χ3n) is 5.74. The highest BCUT2D eigenvalue weighted by Crippen LogP contribution is 2.30. The molecule has 2 aromatic carbocycles. The first kappa shape index (κ1) is 22.3. The number of benzene rings is 2. The second-order valence-corrected chi connectivity index (χ2v) is 7.93. The molecule has 4 rings (SSSR count). The molecule has 1 amide bonds. The number of methoxy groups -OCH3 is 1. The van der Waals surface area contributed by atoms with Crippen LogP contribution in [-0.2, 0) is 24.8 Å². The molecule has 0 radical (unpaired) electrons. The van der Waals surface area contributed by atoms with Crippen LogP contribution in [0.3, 0.4) is 0 Å². The van der Waals surface area contributed by atoms with E-state index in [1.807, 2.05) is 75.5 Å². The number of hydrogen-bond donors (Lipinski definition) is 1. The highest BCUT2D eigenvalue weighted by Gasteiger charge is 2.18. The van der Waals surface area contributed by atoms with Gasteiger partial charge in [0.05, 0.1) is 12.5 Å². The maximum absolute atomic E-state index is 12.7. The lowest BCUT2D eigenvalue weighted by Gasteiger charge is -2.13. The van der Waals surface area contributed by atoms with Crippen molar-refractivity contribution < 1.29 is 14.3 Å². The van der Waals surface area contributed by atoms with Crippen LogP contribution in [0.4, 0.5) is 0 Å². The number of nitrogens with one attached hydrogen (secondary N) is 1. The number of para-hydroxylation sites is 2. The van der Waals surface area contributed by atoms with E-state index in [0.29, 0.717) is 25.3 Å². The standard InChI is InChI=1S/C26H28N4O3/c1-17-21(18(2)28-25-24(17)26(32-4)29-30(25)3)14-15-23(31)27-16-19-10-8-9-13-22(19)33-20-11-6-5-7-12-20/h5-13H,14-16H2,1-4H3,(H,27,31). The molecule has 0 spiro atoms. The van der Waals surface area contributed by atoms with Crippen molar-refractivity contribution in [3.63, 3.8) is 0 Å². The monoisotopic (exact) mass is 444 g/mol. The molecular formula is C26H28N4O3. The van der Waals surface area contributed by atoms with Crippen LogP contribution < -0.4 is 14.8 Å². The molecule has 0 atom stereocenters. The van der Waals surface area contributed by atoms with E-state index in [1.165, 1.54) is 0 Å². The van der Waals surface area contributed by atoms with Gasteiger partial charge < -0.3 is 14.8 Å². The number of hydrogen-bond acceptors (Lipinski definition) is 5. The molecule has 0 aliphatic heterocycles. The summed E-state index contributed by atoms with van der Waals surface area (Å²) in [7, 11) is 3.46. The van der Waals surface area contributed by atoms with Crippen LogP contribution in [0.2, 0.25) is 0 Å². The summed E-state index contributed by atoms with van der Waals surface area (Å²) >= 11 is 0. The van der Waals surface area contributed by atoms with Crippen molar-refractivity contribution in [1.29, 1.82) is 0 Å². The molecule has 0 aliphatic carbocycles. The number of ether oxygens (including phenoxy) is 2. The fraction of sp³-hybridized carbons (Fsp3) is 0.269. The Hall–Kier alpha value is -3.87. The third kappa shape index (κ3) is 4.82. The van der Waals surface area contributed by atoms with Gasteiger partial charge >= 0.3 is 0 Å². The normalized spacial score (nSPS) is 10.9. The summed E-state index contributed by atoms with van der Waals surface area (Å²) in [5.41, 5.74) is 4.71. The molecular weight excluding hydrogens is 416 g/mol. The lowest BCUT2D eigenvalue weighted by Crippen LogP contribution is -2.23. The summed E-state index contributed by atoms with van der Waals surface area (Å²) in [6.07, 6.45) is 0.950. The molecule has 7 nitrogen and oxygen atoms in total. The molecule has 0 unspecified atom stereocenters. The molecule has 2 heterocycles. The number of pyridine rings is 1. The van der Waals surface area contributed by atoms with Crippen molar-refractivity contribution in [3.8, 4) is 17.4 Å². The van der Waals surface area contributed by atoms with Crippen molar-refractivity contribution >= 4 is 16.9 Å². The van der Waals surface area contributed by atoms with E-state index >= 15 is 0 Å². The Morgan fingerprint density at radius 1 is 1.06 bits per heavy atom. The van der Waals surface area contributed by atoms with E-state index < -0.39 is 0 Å². The lowest BCUT2D eigenvalue weighted by molar-refractivity contribution is -0.121. The van der Waals surface area contributed by atoms with Crippen LogP contribution in [-0.4, -0.2) is 27.8 Å². The van der Waals surface area contributed by atoms with Crippen molar-refractivity contribution in [2.45, 2.75) is 33.2 Å². The Morgan fingerprint density at radius 2 is 1.79 bits per heavy atom. The maximum atomic E-state index is 12.7. The maximum Gasteiger partial charge on any atom is 0.242 e. The first-order valence-electron chi connectivity index (χ1n) is 10.9. The average molecular weight is 445 g/mol. The predicted molar refractivity (Wildman–Crippen MR) is 128 cm³/mol. The summed E-state index contributed by atoms with van der Waals surface area (Å²) < 4.78 is 13.1. The van der Waals surface area contributed by atoms with E-state index in [1.54, 1.807) is 11.8 Å². The number of aromatic nitrogens is 3. The minimum absolute atomic E-state index is 0.0263. The smallest absolute Gasteiger partial charge is 0.242 e. The number of aryl methyl sites for hydroxylation is 3. The van der Waals surface area contributed by atoms with E-state index in [9.17, 15) is 4.79 Å². The number of amides is 1. The van der Waals surface area contributed by atoms with Gasteiger partial charge in [0.15, 0.2) is 5.65 Å². The fourth-order valence-corrected chi connectivity index (χ4v) is 3.99. The van der Waals surface area contributed by atoms with Crippen molar-refractivity contribution in [1.82, 2.24) is 20.1 Å². The van der Waals surface area contributed by atoms with Gasteiger partial charge in [-0.1, -0.05) is 36.4 Å². The van der Waals surface area contributed by atoms with E-state index in [-0.39, 0.29) is 5.91 Å². The summed E-state index contributed by atoms with van der Waals surface area (Å²) in [6, 6.07) is 17.3. The van der Waals surface area contributed by atoms with Crippen LogP contribution in [0, 0.1) is 13.8 Å². The molecule has 33 heavy (non-hydrogen) atoms. The van der Waals surface area contributed by atoms with Crippen LogP contribution in [0.1, 0.15) is 28.8 Å². The van der Waals surface area contributed by atoms with Gasteiger partial charge in [-0.15, -0.1) is 5.10 Å². The van der Waals surface area contributed by atoms with Gasteiger partial charge in [-0.05, 0) is 49.6 Å². The molecule has 0 saturated heterocycles. The van der Waals surface area contributed by atoms with Gasteiger partial charge in [0, 0.05) is 31.3 Å². The molecule has 0 saturated carbocycles. The Balaban J connectivity index is 1.42. The minimum atomic E-state index is -0.0263. The number of fused-ring (bicyclic) bond motifs is 1. The van der Waals surface area contributed by atoms with Gasteiger partial charge in [-0.3, -0.25) is 4.79 Å². The number of carbonyl (C=O) groups excluding carboxylic acids is 1. The quantitative estimate of drug-likeness (QED) is 0.429. The number of carbonyl (C=O) groups is 1. The van der Waals surface area contributed by atoms with Crippen molar-refractivity contribution in [2.24, 2.45) is 7.05 Å². The topological polar surface area (TPSA) is 78.3 Å². The summed E-state index contributed by atoms with van der Waals surface area (Å²) in [5, 5.41) is 8.30. The molecule has 1 N–H and O–H groups in total. The zero-order valence-electron chi connectivity index (χ0n) is 19.4. The Kier molecular flexibility index (Phi) is 6.58. The SMILES string of the molecule is COc1nn(C)c2nc(C)c(CCC(=O)NCc3ccccc3Oc3ccccc3)c(C)c12. The van der Waals surface area contributed by atoms with Crippen LogP contribution in [0.25, 0.3) is 11.0 Å². The largest absolute Gasteiger partial charge is 0.479 e. The fourth-order valence-electron chi connectivity index (χ4n) is 3.99. The van der Waals surface area contributed by atoms with Crippen molar-refractivity contribution in [2.75, 3.05) is 7.11 Å². The minimum Gasteiger partial charge on any atom is -0.479 e. The second-order valence-electron chi connectivity index (χ2n) is 7.93. The predicted octanol–water partition coefficient (Wildman–Crippen LogP) is 4.64. The second kappa shape index (κ2) is 9.73. The number of nitrogens with zero attached hydrogens (tertiary/aromatic N) is 3. The third-order valence-corrected chi connectivity index (χ3v) is 5.74. The van der Waals surface area contributed by atoms with E-state index in [0.717, 1.165) is 44.9 Å². The summed E-state index contributed by atoms with van der Waals surface area (Å²) in [4.78, 5) is 17.4. The average Bonchev–Trinajstić information content (AvgIpc) is 3.14. The van der Waals surface area contributed by atoms with Crippen LogP contribution >= 0.6 is 0 Å². The van der Waals surface area contributed by atoms with E-state index in [4.69, 9.17) is 14.5 Å². The van der Waals surface area contributed by atoms with Gasteiger partial charge in [-0.2, -0.15) is 0 Å².